The highest BCUT2D eigenvalue weighted by Gasteiger charge is 2.34. The maximum absolute atomic E-state index is 13.1. The fourth-order valence-electron chi connectivity index (χ4n) is 3.59. The Kier molecular flexibility index (Phi) is 8.25. The van der Waals surface area contributed by atoms with Crippen molar-refractivity contribution >= 4 is 11.9 Å². The Bertz CT molecular complexity index is 1120. The summed E-state index contributed by atoms with van der Waals surface area (Å²) in [5.41, 5.74) is 0.843. The van der Waals surface area contributed by atoms with E-state index in [1.54, 1.807) is 50.2 Å². The van der Waals surface area contributed by atoms with E-state index in [1.165, 1.54) is 28.4 Å². The summed E-state index contributed by atoms with van der Waals surface area (Å²) in [6, 6.07) is 10.0. The molecule has 0 saturated carbocycles. The minimum Gasteiger partial charge on any atom is -0.493 e. The molecule has 0 unspecified atom stereocenters. The highest BCUT2D eigenvalue weighted by atomic mass is 16.5. The maximum Gasteiger partial charge on any atom is 0.342 e. The van der Waals surface area contributed by atoms with E-state index in [0.717, 1.165) is 0 Å². The van der Waals surface area contributed by atoms with Crippen LogP contribution in [0.5, 0.6) is 23.0 Å². The van der Waals surface area contributed by atoms with Crippen molar-refractivity contribution in [2.24, 2.45) is 0 Å². The Balaban J connectivity index is 2.36. The van der Waals surface area contributed by atoms with Gasteiger partial charge in [-0.15, -0.1) is 0 Å². The standard InChI is InChI=1S/C26H28O9/c1-7-33-25(27)21-22(26(28)34-8-2)24(16-10-12-18(30-4)20(14-16)32-6)35-23(21)15-9-11-17(29-3)19(13-15)31-5/h9-14H,7-8H2,1-6H3. The van der Waals surface area contributed by atoms with Crippen molar-refractivity contribution in [1.82, 2.24) is 0 Å². The lowest BCUT2D eigenvalue weighted by Crippen LogP contribution is -2.13. The average Bonchev–Trinajstić information content (AvgIpc) is 3.29. The Morgan fingerprint density at radius 1 is 0.629 bits per heavy atom. The summed E-state index contributed by atoms with van der Waals surface area (Å²) in [5, 5.41) is 0. The second-order valence-electron chi connectivity index (χ2n) is 7.09. The van der Waals surface area contributed by atoms with E-state index in [1.807, 2.05) is 0 Å². The fourth-order valence-corrected chi connectivity index (χ4v) is 3.59. The van der Waals surface area contributed by atoms with Crippen LogP contribution in [0.1, 0.15) is 34.6 Å². The van der Waals surface area contributed by atoms with Gasteiger partial charge in [-0.2, -0.15) is 0 Å². The fraction of sp³-hybridized carbons (Fsp3) is 0.308. The molecule has 186 valence electrons. The monoisotopic (exact) mass is 484 g/mol. The van der Waals surface area contributed by atoms with Crippen LogP contribution in [0.4, 0.5) is 0 Å². The molecule has 0 aliphatic heterocycles. The van der Waals surface area contributed by atoms with Gasteiger partial charge in [0.15, 0.2) is 23.0 Å². The summed E-state index contributed by atoms with van der Waals surface area (Å²) >= 11 is 0. The number of benzene rings is 2. The molecular weight excluding hydrogens is 456 g/mol. The van der Waals surface area contributed by atoms with E-state index in [4.69, 9.17) is 32.8 Å². The average molecular weight is 485 g/mol. The van der Waals surface area contributed by atoms with E-state index in [-0.39, 0.29) is 35.9 Å². The molecule has 35 heavy (non-hydrogen) atoms. The largest absolute Gasteiger partial charge is 0.493 e. The van der Waals surface area contributed by atoms with Gasteiger partial charge < -0.3 is 32.8 Å². The smallest absolute Gasteiger partial charge is 0.342 e. The summed E-state index contributed by atoms with van der Waals surface area (Å²) in [4.78, 5) is 26.2. The number of ether oxygens (including phenoxy) is 6. The molecule has 2 aromatic carbocycles. The van der Waals surface area contributed by atoms with E-state index >= 15 is 0 Å². The normalized spacial score (nSPS) is 10.5. The highest BCUT2D eigenvalue weighted by molar-refractivity contribution is 6.11. The van der Waals surface area contributed by atoms with E-state index in [2.05, 4.69) is 0 Å². The number of hydrogen-bond donors (Lipinski definition) is 0. The Morgan fingerprint density at radius 3 is 1.31 bits per heavy atom. The second kappa shape index (κ2) is 11.3. The first-order chi connectivity index (χ1) is 16.9. The topological polar surface area (TPSA) is 103 Å². The molecule has 0 bridgehead atoms. The minimum atomic E-state index is -0.726. The highest BCUT2D eigenvalue weighted by Crippen LogP contribution is 2.42. The van der Waals surface area contributed by atoms with Gasteiger partial charge in [-0.3, -0.25) is 0 Å². The number of carbonyl (C=O) groups excluding carboxylic acids is 2. The van der Waals surface area contributed by atoms with Crippen LogP contribution in [-0.4, -0.2) is 53.6 Å². The van der Waals surface area contributed by atoms with E-state index in [9.17, 15) is 9.59 Å². The van der Waals surface area contributed by atoms with Gasteiger partial charge in [0.2, 0.25) is 0 Å². The summed E-state index contributed by atoms with van der Waals surface area (Å²) in [6.07, 6.45) is 0. The minimum absolute atomic E-state index is 0.0534. The van der Waals surface area contributed by atoms with Crippen molar-refractivity contribution in [3.63, 3.8) is 0 Å². The first-order valence-corrected chi connectivity index (χ1v) is 10.9. The third-order valence-corrected chi connectivity index (χ3v) is 5.16. The number of rotatable bonds is 10. The molecule has 3 rings (SSSR count). The predicted molar refractivity (Wildman–Crippen MR) is 128 cm³/mol. The Hall–Kier alpha value is -4.14. The second-order valence-corrected chi connectivity index (χ2v) is 7.09. The molecule has 0 saturated heterocycles. The molecule has 0 aliphatic rings. The van der Waals surface area contributed by atoms with Crippen LogP contribution in [-0.2, 0) is 9.47 Å². The quantitative estimate of drug-likeness (QED) is 0.368. The maximum atomic E-state index is 13.1. The summed E-state index contributed by atoms with van der Waals surface area (Å²) in [5.74, 6) is 0.613. The molecule has 3 aromatic rings. The summed E-state index contributed by atoms with van der Waals surface area (Å²) in [7, 11) is 6.02. The lowest BCUT2D eigenvalue weighted by molar-refractivity contribution is 0.0481. The molecule has 0 fully saturated rings. The third-order valence-electron chi connectivity index (χ3n) is 5.16. The summed E-state index contributed by atoms with van der Waals surface area (Å²) in [6.45, 7) is 3.55. The number of carbonyl (C=O) groups is 2. The number of furan rings is 1. The van der Waals surface area contributed by atoms with Gasteiger partial charge in [0.1, 0.15) is 22.6 Å². The van der Waals surface area contributed by atoms with Crippen molar-refractivity contribution in [1.29, 1.82) is 0 Å². The SMILES string of the molecule is CCOC(=O)c1c(-c2ccc(OC)c(OC)c2)oc(-c2ccc(OC)c(OC)c2)c1C(=O)OCC. The lowest BCUT2D eigenvalue weighted by atomic mass is 10.0. The van der Waals surface area contributed by atoms with Crippen LogP contribution in [0.25, 0.3) is 22.6 Å². The van der Waals surface area contributed by atoms with Crippen molar-refractivity contribution in [3.8, 4) is 45.6 Å². The lowest BCUT2D eigenvalue weighted by Gasteiger charge is -2.10. The first kappa shape index (κ1) is 25.5. The van der Waals surface area contributed by atoms with Crippen LogP contribution in [0, 0.1) is 0 Å². The molecule has 0 radical (unpaired) electrons. The van der Waals surface area contributed by atoms with E-state index < -0.39 is 11.9 Å². The molecule has 0 spiro atoms. The van der Waals surface area contributed by atoms with Crippen molar-refractivity contribution in [2.75, 3.05) is 41.7 Å². The number of hydrogen-bond acceptors (Lipinski definition) is 9. The first-order valence-electron chi connectivity index (χ1n) is 10.9. The van der Waals surface area contributed by atoms with Gasteiger partial charge >= 0.3 is 11.9 Å². The molecule has 9 heteroatoms. The van der Waals surface area contributed by atoms with E-state index in [0.29, 0.717) is 34.1 Å². The van der Waals surface area contributed by atoms with Crippen LogP contribution in [0.2, 0.25) is 0 Å². The van der Waals surface area contributed by atoms with Crippen LogP contribution in [0.3, 0.4) is 0 Å². The number of esters is 2. The zero-order valence-electron chi connectivity index (χ0n) is 20.6. The zero-order chi connectivity index (χ0) is 25.5. The zero-order valence-corrected chi connectivity index (χ0v) is 20.6. The third kappa shape index (κ3) is 5.03. The molecule has 0 amide bonds. The van der Waals surface area contributed by atoms with Gasteiger partial charge in [0.05, 0.1) is 41.7 Å². The molecule has 1 heterocycles. The van der Waals surface area contributed by atoms with Crippen molar-refractivity contribution in [2.45, 2.75) is 13.8 Å². The Morgan fingerprint density at radius 2 is 1.00 bits per heavy atom. The molecular formula is C26H28O9. The van der Waals surface area contributed by atoms with Crippen molar-refractivity contribution < 1.29 is 42.4 Å². The van der Waals surface area contributed by atoms with Crippen LogP contribution < -0.4 is 18.9 Å². The van der Waals surface area contributed by atoms with Gasteiger partial charge in [-0.1, -0.05) is 0 Å². The van der Waals surface area contributed by atoms with Crippen LogP contribution >= 0.6 is 0 Å². The molecule has 0 aliphatic carbocycles. The van der Waals surface area contributed by atoms with Crippen LogP contribution in [0.15, 0.2) is 40.8 Å². The number of methoxy groups -OCH3 is 4. The van der Waals surface area contributed by atoms with Crippen molar-refractivity contribution in [3.05, 3.63) is 47.5 Å². The van der Waals surface area contributed by atoms with Gasteiger partial charge in [0, 0.05) is 11.1 Å². The molecule has 0 atom stereocenters. The molecule has 9 nitrogen and oxygen atoms in total. The Labute approximate surface area is 203 Å². The predicted octanol–water partition coefficient (Wildman–Crippen LogP) is 5.00. The van der Waals surface area contributed by atoms with Gasteiger partial charge in [0.25, 0.3) is 0 Å². The molecule has 0 N–H and O–H groups in total. The molecule has 1 aromatic heterocycles. The van der Waals surface area contributed by atoms with Gasteiger partial charge in [-0.25, -0.2) is 9.59 Å². The summed E-state index contributed by atoms with van der Waals surface area (Å²) < 4.78 is 38.2. The van der Waals surface area contributed by atoms with Gasteiger partial charge in [-0.05, 0) is 50.2 Å².